The minimum absolute atomic E-state index is 0.346. The zero-order valence-corrected chi connectivity index (χ0v) is 17.4. The highest BCUT2D eigenvalue weighted by Crippen LogP contribution is 2.38. The van der Waals surface area contributed by atoms with Gasteiger partial charge in [-0.25, -0.2) is 0 Å². The second-order valence-corrected chi connectivity index (χ2v) is 7.74. The molecule has 6 heteroatoms. The molecule has 1 aliphatic rings. The molecule has 156 valence electrons. The van der Waals surface area contributed by atoms with Crippen LogP contribution in [0.25, 0.3) is 33.0 Å². The predicted octanol–water partition coefficient (Wildman–Crippen LogP) is 3.69. The van der Waals surface area contributed by atoms with Crippen molar-refractivity contribution in [3.8, 4) is 0 Å². The van der Waals surface area contributed by atoms with Crippen LogP contribution in [0.4, 0.5) is 0 Å². The average Bonchev–Trinajstić information content (AvgIpc) is 3.44. The number of aryl methyl sites for hydroxylation is 1. The lowest BCUT2D eigenvalue weighted by atomic mass is 9.95. The fourth-order valence-corrected chi connectivity index (χ4v) is 4.43. The van der Waals surface area contributed by atoms with E-state index < -0.39 is 0 Å². The van der Waals surface area contributed by atoms with Crippen molar-refractivity contribution < 1.29 is 9.59 Å². The minimum Gasteiger partial charge on any atom is -0.361 e. The molecule has 6 nitrogen and oxygen atoms in total. The summed E-state index contributed by atoms with van der Waals surface area (Å²) in [6.45, 7) is 4.80. The van der Waals surface area contributed by atoms with Gasteiger partial charge in [0.05, 0.1) is 11.1 Å². The molecule has 5 rings (SSSR count). The Morgan fingerprint density at radius 1 is 0.903 bits per heavy atom. The van der Waals surface area contributed by atoms with Crippen LogP contribution < -0.4 is 10.6 Å². The van der Waals surface area contributed by atoms with Gasteiger partial charge in [0.2, 0.25) is 0 Å². The molecule has 0 radical (unpaired) electrons. The molecule has 1 aliphatic heterocycles. The Bertz CT molecular complexity index is 1340. The van der Waals surface area contributed by atoms with Crippen LogP contribution in [-0.2, 0) is 16.1 Å². The van der Waals surface area contributed by atoms with Crippen molar-refractivity contribution in [2.45, 2.75) is 19.9 Å². The fraction of sp³-hybridized carbons (Fsp3) is 0.200. The number of aromatic amines is 1. The maximum atomic E-state index is 13.0. The van der Waals surface area contributed by atoms with Gasteiger partial charge in [0.15, 0.2) is 0 Å². The van der Waals surface area contributed by atoms with E-state index in [1.807, 2.05) is 54.9 Å². The predicted molar refractivity (Wildman–Crippen MR) is 123 cm³/mol. The number of nitrogens with one attached hydrogen (secondary N) is 3. The summed E-state index contributed by atoms with van der Waals surface area (Å²) in [4.78, 5) is 29.1. The van der Waals surface area contributed by atoms with E-state index >= 15 is 0 Å². The lowest BCUT2D eigenvalue weighted by Crippen LogP contribution is -2.22. The van der Waals surface area contributed by atoms with Gasteiger partial charge < -0.3 is 14.9 Å². The maximum absolute atomic E-state index is 13.0. The Balaban J connectivity index is 1.68. The van der Waals surface area contributed by atoms with Crippen LogP contribution in [0.5, 0.6) is 0 Å². The number of imide groups is 1. The second kappa shape index (κ2) is 7.89. The molecule has 2 aromatic carbocycles. The van der Waals surface area contributed by atoms with Crippen molar-refractivity contribution in [3.05, 3.63) is 72.1 Å². The summed E-state index contributed by atoms with van der Waals surface area (Å²) in [5.74, 6) is -0.699. The number of H-pyrrole nitrogens is 1. The Kier molecular flexibility index (Phi) is 4.92. The zero-order valence-electron chi connectivity index (χ0n) is 17.4. The summed E-state index contributed by atoms with van der Waals surface area (Å²) < 4.78 is 2.18. The first-order valence-electron chi connectivity index (χ1n) is 10.6. The Labute approximate surface area is 179 Å². The number of fused-ring (bicyclic) bond motifs is 2. The first-order valence-corrected chi connectivity index (χ1v) is 10.6. The second-order valence-electron chi connectivity index (χ2n) is 7.74. The van der Waals surface area contributed by atoms with Gasteiger partial charge in [0.25, 0.3) is 11.8 Å². The molecule has 4 aromatic rings. The van der Waals surface area contributed by atoms with E-state index in [4.69, 9.17) is 0 Å². The molecule has 0 unspecified atom stereocenters. The molecular weight excluding hydrogens is 388 g/mol. The van der Waals surface area contributed by atoms with E-state index in [9.17, 15) is 9.59 Å². The Hall–Kier alpha value is -3.64. The SMILES string of the molecule is CCNCCCn1cc(C2=C(c3c[nH]c4ccccc34)C(=O)NC2=O)c2ccccc21. The molecule has 0 saturated heterocycles. The van der Waals surface area contributed by atoms with Crippen molar-refractivity contribution in [1.29, 1.82) is 0 Å². The number of nitrogens with zero attached hydrogens (tertiary/aromatic N) is 1. The highest BCUT2D eigenvalue weighted by Gasteiger charge is 2.34. The van der Waals surface area contributed by atoms with E-state index in [-0.39, 0.29) is 11.8 Å². The molecule has 31 heavy (non-hydrogen) atoms. The van der Waals surface area contributed by atoms with Crippen molar-refractivity contribution in [2.24, 2.45) is 0 Å². The number of rotatable bonds is 7. The zero-order chi connectivity index (χ0) is 21.4. The standard InChI is InChI=1S/C25H24N4O2/c1-2-26-12-7-13-29-15-19(17-9-4-6-11-21(17)29)23-22(24(30)28-25(23)31)18-14-27-20-10-5-3-8-16(18)20/h3-6,8-11,14-15,26-27H,2,7,12-13H2,1H3,(H,28,30,31). The number of amides is 2. The van der Waals surface area contributed by atoms with Gasteiger partial charge in [-0.3, -0.25) is 14.9 Å². The molecule has 0 fully saturated rings. The van der Waals surface area contributed by atoms with Crippen LogP contribution in [0, 0.1) is 0 Å². The molecule has 3 N–H and O–H groups in total. The van der Waals surface area contributed by atoms with Crippen LogP contribution in [0.3, 0.4) is 0 Å². The number of hydrogen-bond donors (Lipinski definition) is 3. The number of aromatic nitrogens is 2. The normalized spacial score (nSPS) is 14.2. The van der Waals surface area contributed by atoms with Crippen LogP contribution in [0.2, 0.25) is 0 Å². The summed E-state index contributed by atoms with van der Waals surface area (Å²) in [5.41, 5.74) is 4.41. The third-order valence-corrected chi connectivity index (χ3v) is 5.85. The lowest BCUT2D eigenvalue weighted by Gasteiger charge is -2.05. The highest BCUT2D eigenvalue weighted by atomic mass is 16.2. The maximum Gasteiger partial charge on any atom is 0.259 e. The molecule has 0 atom stereocenters. The summed E-state index contributed by atoms with van der Waals surface area (Å²) >= 11 is 0. The number of carbonyl (C=O) groups excluding carboxylic acids is 2. The van der Waals surface area contributed by atoms with Crippen molar-refractivity contribution >= 4 is 44.8 Å². The number of carbonyl (C=O) groups is 2. The molecule has 3 heterocycles. The molecule has 2 amide bonds. The first-order chi connectivity index (χ1) is 15.2. The molecule has 2 aromatic heterocycles. The van der Waals surface area contributed by atoms with E-state index in [1.165, 1.54) is 0 Å². The summed E-state index contributed by atoms with van der Waals surface area (Å²) in [5, 5.41) is 7.77. The molecule has 0 saturated carbocycles. The van der Waals surface area contributed by atoms with Gasteiger partial charge in [-0.2, -0.15) is 0 Å². The number of hydrogen-bond acceptors (Lipinski definition) is 3. The highest BCUT2D eigenvalue weighted by molar-refractivity contribution is 6.50. The van der Waals surface area contributed by atoms with Gasteiger partial charge >= 0.3 is 0 Å². The van der Waals surface area contributed by atoms with Crippen LogP contribution in [0.15, 0.2) is 60.9 Å². The number of benzene rings is 2. The summed E-state index contributed by atoms with van der Waals surface area (Å²) in [7, 11) is 0. The van der Waals surface area contributed by atoms with Gasteiger partial charge in [-0.15, -0.1) is 0 Å². The Morgan fingerprint density at radius 2 is 1.61 bits per heavy atom. The first kappa shape index (κ1) is 19.3. The molecular formula is C25H24N4O2. The van der Waals surface area contributed by atoms with Crippen LogP contribution in [0.1, 0.15) is 24.5 Å². The molecule has 0 spiro atoms. The van der Waals surface area contributed by atoms with Gasteiger partial charge in [0, 0.05) is 51.9 Å². The minimum atomic E-state index is -0.353. The van der Waals surface area contributed by atoms with Crippen LogP contribution in [-0.4, -0.2) is 34.5 Å². The average molecular weight is 412 g/mol. The topological polar surface area (TPSA) is 78.9 Å². The van der Waals surface area contributed by atoms with Crippen molar-refractivity contribution in [2.75, 3.05) is 13.1 Å². The van der Waals surface area contributed by atoms with E-state index in [0.717, 1.165) is 59.0 Å². The summed E-state index contributed by atoms with van der Waals surface area (Å²) in [6.07, 6.45) is 4.80. The van der Waals surface area contributed by atoms with E-state index in [0.29, 0.717) is 11.1 Å². The van der Waals surface area contributed by atoms with Crippen molar-refractivity contribution in [3.63, 3.8) is 0 Å². The van der Waals surface area contributed by atoms with Gasteiger partial charge in [-0.1, -0.05) is 43.3 Å². The molecule has 0 aliphatic carbocycles. The van der Waals surface area contributed by atoms with E-state index in [2.05, 4.69) is 33.2 Å². The Morgan fingerprint density at radius 3 is 2.42 bits per heavy atom. The fourth-order valence-electron chi connectivity index (χ4n) is 4.43. The van der Waals surface area contributed by atoms with E-state index in [1.54, 1.807) is 0 Å². The van der Waals surface area contributed by atoms with Crippen LogP contribution >= 0.6 is 0 Å². The van der Waals surface area contributed by atoms with Gasteiger partial charge in [-0.05, 0) is 31.6 Å². The monoisotopic (exact) mass is 412 g/mol. The lowest BCUT2D eigenvalue weighted by molar-refractivity contribution is -0.122. The number of para-hydroxylation sites is 2. The third-order valence-electron chi connectivity index (χ3n) is 5.85. The van der Waals surface area contributed by atoms with Crippen molar-refractivity contribution in [1.82, 2.24) is 20.2 Å². The largest absolute Gasteiger partial charge is 0.361 e. The molecule has 0 bridgehead atoms. The van der Waals surface area contributed by atoms with Gasteiger partial charge in [0.1, 0.15) is 0 Å². The quantitative estimate of drug-likeness (QED) is 0.320. The smallest absolute Gasteiger partial charge is 0.259 e. The third kappa shape index (κ3) is 3.25. The summed E-state index contributed by atoms with van der Waals surface area (Å²) in [6, 6.07) is 15.9.